The van der Waals surface area contributed by atoms with E-state index in [0.29, 0.717) is 0 Å². The molecule has 106 valence electrons. The second-order valence-electron chi connectivity index (χ2n) is 4.23. The molecule has 0 aliphatic carbocycles. The van der Waals surface area contributed by atoms with Crippen LogP contribution in [0.2, 0.25) is 0 Å². The van der Waals surface area contributed by atoms with Crippen molar-refractivity contribution in [2.24, 2.45) is 0 Å². The second-order valence-corrected chi connectivity index (χ2v) is 4.23. The lowest BCUT2D eigenvalue weighted by Gasteiger charge is -2.01. The average Bonchev–Trinajstić information content (AvgIpc) is 2.89. The maximum atomic E-state index is 12.0. The van der Waals surface area contributed by atoms with Crippen LogP contribution in [0.1, 0.15) is 10.6 Å². The van der Waals surface area contributed by atoms with Gasteiger partial charge in [-0.05, 0) is 12.1 Å². The van der Waals surface area contributed by atoms with Crippen LogP contribution in [-0.2, 0) is 0 Å². The summed E-state index contributed by atoms with van der Waals surface area (Å²) in [5.74, 6) is -0.384. The van der Waals surface area contributed by atoms with Gasteiger partial charge in [0.05, 0.1) is 18.1 Å². The Labute approximate surface area is 118 Å². The Kier molecular flexibility index (Phi) is 3.15. The zero-order valence-electron chi connectivity index (χ0n) is 11.0. The van der Waals surface area contributed by atoms with E-state index in [1.165, 1.54) is 7.11 Å². The van der Waals surface area contributed by atoms with Crippen molar-refractivity contribution in [3.8, 4) is 5.75 Å². The smallest absolute Gasteiger partial charge is 0.293 e. The highest BCUT2D eigenvalue weighted by Gasteiger charge is 2.13. The van der Waals surface area contributed by atoms with E-state index in [9.17, 15) is 9.59 Å². The predicted octanol–water partition coefficient (Wildman–Crippen LogP) is 1.78. The Bertz CT molecular complexity index is 833. The molecule has 0 aliphatic heterocycles. The Hall–Kier alpha value is -3.09. The van der Waals surface area contributed by atoms with E-state index in [1.807, 2.05) is 24.3 Å². The van der Waals surface area contributed by atoms with Crippen molar-refractivity contribution in [2.45, 2.75) is 0 Å². The molecule has 0 saturated carbocycles. The Morgan fingerprint density at radius 3 is 2.90 bits per heavy atom. The maximum absolute atomic E-state index is 12.0. The summed E-state index contributed by atoms with van der Waals surface area (Å²) in [6, 6.07) is 8.42. The van der Waals surface area contributed by atoms with Crippen LogP contribution in [0, 0.1) is 0 Å². The monoisotopic (exact) mass is 285 g/mol. The van der Waals surface area contributed by atoms with Crippen LogP contribution in [0.3, 0.4) is 0 Å². The number of hydrogen-bond acceptors (Lipinski definition) is 5. The molecule has 1 aromatic carbocycles. The van der Waals surface area contributed by atoms with Gasteiger partial charge in [-0.3, -0.25) is 14.9 Å². The van der Waals surface area contributed by atoms with E-state index in [4.69, 9.17) is 9.15 Å². The van der Waals surface area contributed by atoms with E-state index in [0.717, 1.165) is 23.4 Å². The van der Waals surface area contributed by atoms with Crippen LogP contribution in [-0.4, -0.2) is 23.0 Å². The number of amides is 1. The molecule has 1 amide bonds. The summed E-state index contributed by atoms with van der Waals surface area (Å²) in [6.45, 7) is 0. The summed E-state index contributed by atoms with van der Waals surface area (Å²) >= 11 is 0. The second kappa shape index (κ2) is 5.12. The van der Waals surface area contributed by atoms with Gasteiger partial charge in [-0.15, -0.1) is 0 Å². The number of aromatic amines is 1. The number of para-hydroxylation sites is 2. The number of nitrogens with one attached hydrogen (secondary N) is 2. The van der Waals surface area contributed by atoms with Gasteiger partial charge in [-0.25, -0.2) is 4.98 Å². The van der Waals surface area contributed by atoms with Gasteiger partial charge in [0, 0.05) is 6.07 Å². The lowest BCUT2D eigenvalue weighted by atomic mass is 10.3. The van der Waals surface area contributed by atoms with Gasteiger partial charge in [0.1, 0.15) is 6.26 Å². The molecule has 7 heteroatoms. The first-order valence-electron chi connectivity index (χ1n) is 6.10. The summed E-state index contributed by atoms with van der Waals surface area (Å²) in [5, 5.41) is 2.53. The van der Waals surface area contributed by atoms with Crippen LogP contribution >= 0.6 is 0 Å². The summed E-state index contributed by atoms with van der Waals surface area (Å²) < 4.78 is 9.84. The number of nitrogens with zero attached hydrogens (tertiary/aromatic N) is 1. The zero-order valence-corrected chi connectivity index (χ0v) is 11.0. The van der Waals surface area contributed by atoms with Gasteiger partial charge in [0.2, 0.25) is 17.1 Å². The van der Waals surface area contributed by atoms with Crippen molar-refractivity contribution in [3.63, 3.8) is 0 Å². The van der Waals surface area contributed by atoms with Crippen molar-refractivity contribution in [3.05, 3.63) is 52.6 Å². The molecule has 21 heavy (non-hydrogen) atoms. The van der Waals surface area contributed by atoms with E-state index in [-0.39, 0.29) is 17.5 Å². The molecule has 7 nitrogen and oxygen atoms in total. The number of ether oxygens (including phenoxy) is 1. The lowest BCUT2D eigenvalue weighted by Crippen LogP contribution is -2.16. The lowest BCUT2D eigenvalue weighted by molar-refractivity contribution is 0.0993. The minimum absolute atomic E-state index is 0.0373. The third kappa shape index (κ3) is 2.48. The van der Waals surface area contributed by atoms with E-state index >= 15 is 0 Å². The minimum atomic E-state index is -0.575. The highest BCUT2D eigenvalue weighted by Crippen LogP contribution is 2.14. The van der Waals surface area contributed by atoms with Gasteiger partial charge in [0.25, 0.3) is 5.91 Å². The highest BCUT2D eigenvalue weighted by atomic mass is 16.5. The molecular weight excluding hydrogens is 274 g/mol. The van der Waals surface area contributed by atoms with Crippen molar-refractivity contribution in [1.82, 2.24) is 9.97 Å². The topological polar surface area (TPSA) is 97.2 Å². The third-order valence-corrected chi connectivity index (χ3v) is 2.86. The molecule has 2 N–H and O–H groups in total. The van der Waals surface area contributed by atoms with Crippen LogP contribution in [0.15, 0.2) is 45.8 Å². The largest absolute Gasteiger partial charge is 0.490 e. The summed E-state index contributed by atoms with van der Waals surface area (Å²) in [7, 11) is 1.35. The molecule has 0 atom stereocenters. The predicted molar refractivity (Wildman–Crippen MR) is 75.6 cm³/mol. The van der Waals surface area contributed by atoms with Crippen molar-refractivity contribution < 1.29 is 13.9 Å². The number of imidazole rings is 1. The summed E-state index contributed by atoms with van der Waals surface area (Å²) in [4.78, 5) is 30.7. The number of hydrogen-bond donors (Lipinski definition) is 2. The number of anilines is 1. The molecule has 0 saturated heterocycles. The van der Waals surface area contributed by atoms with E-state index in [1.54, 1.807) is 0 Å². The number of methoxy groups -OCH3 is 1. The molecule has 2 aromatic heterocycles. The fourth-order valence-corrected chi connectivity index (χ4v) is 1.85. The van der Waals surface area contributed by atoms with Gasteiger partial charge < -0.3 is 14.1 Å². The summed E-state index contributed by atoms with van der Waals surface area (Å²) in [6.07, 6.45) is 1.09. The molecular formula is C14H11N3O4. The van der Waals surface area contributed by atoms with Crippen LogP contribution in [0.5, 0.6) is 5.75 Å². The van der Waals surface area contributed by atoms with Crippen LogP contribution in [0.25, 0.3) is 11.0 Å². The van der Waals surface area contributed by atoms with Crippen LogP contribution < -0.4 is 15.5 Å². The highest BCUT2D eigenvalue weighted by molar-refractivity contribution is 6.01. The number of benzene rings is 1. The molecule has 0 bridgehead atoms. The molecule has 3 aromatic rings. The normalized spacial score (nSPS) is 10.5. The third-order valence-electron chi connectivity index (χ3n) is 2.86. The van der Waals surface area contributed by atoms with Crippen molar-refractivity contribution in [2.75, 3.05) is 12.4 Å². The van der Waals surface area contributed by atoms with Crippen molar-refractivity contribution in [1.29, 1.82) is 0 Å². The average molecular weight is 285 g/mol. The standard InChI is InChI=1S/C14H11N3O4/c1-20-12-7-21-11(6-10(12)18)13(19)17-14-15-8-4-2-3-5-9(8)16-14/h2-7H,1H3,(H2,15,16,17,19). The quantitative estimate of drug-likeness (QED) is 0.764. The molecule has 0 spiro atoms. The van der Waals surface area contributed by atoms with Crippen LogP contribution in [0.4, 0.5) is 5.95 Å². The van der Waals surface area contributed by atoms with E-state index in [2.05, 4.69) is 15.3 Å². The minimum Gasteiger partial charge on any atom is -0.490 e. The Balaban J connectivity index is 1.85. The molecule has 0 unspecified atom stereocenters. The number of carbonyl (C=O) groups excluding carboxylic acids is 1. The fraction of sp³-hybridized carbons (Fsp3) is 0.0714. The van der Waals surface area contributed by atoms with Gasteiger partial charge >= 0.3 is 0 Å². The first kappa shape index (κ1) is 12.9. The molecule has 2 heterocycles. The maximum Gasteiger partial charge on any atom is 0.293 e. The van der Waals surface area contributed by atoms with E-state index < -0.39 is 11.3 Å². The number of carbonyl (C=O) groups is 1. The number of fused-ring (bicyclic) bond motifs is 1. The molecule has 0 aliphatic rings. The SMILES string of the molecule is COc1coc(C(=O)Nc2nc3ccccc3[nH]2)cc1=O. The fourth-order valence-electron chi connectivity index (χ4n) is 1.85. The first-order valence-corrected chi connectivity index (χ1v) is 6.10. The molecule has 0 fully saturated rings. The number of H-pyrrole nitrogens is 1. The summed E-state index contributed by atoms with van der Waals surface area (Å²) in [5.41, 5.74) is 1.09. The van der Waals surface area contributed by atoms with Gasteiger partial charge in [0.15, 0.2) is 5.76 Å². The molecule has 0 radical (unpaired) electrons. The van der Waals surface area contributed by atoms with Gasteiger partial charge in [-0.1, -0.05) is 12.1 Å². The van der Waals surface area contributed by atoms with Crippen molar-refractivity contribution >= 4 is 22.9 Å². The number of rotatable bonds is 3. The Morgan fingerprint density at radius 1 is 1.38 bits per heavy atom. The van der Waals surface area contributed by atoms with Gasteiger partial charge in [-0.2, -0.15) is 0 Å². The first-order chi connectivity index (χ1) is 10.2. The number of aromatic nitrogens is 2. The molecule has 3 rings (SSSR count). The zero-order chi connectivity index (χ0) is 14.8. The Morgan fingerprint density at radius 2 is 2.19 bits per heavy atom.